The second kappa shape index (κ2) is 5.51. The first-order valence-corrected chi connectivity index (χ1v) is 8.80. The van der Waals surface area contributed by atoms with Crippen LogP contribution in [-0.4, -0.2) is 17.0 Å². The second-order valence-electron chi connectivity index (χ2n) is 6.18. The number of aliphatic hydroxyl groups excluding tert-OH is 1. The van der Waals surface area contributed by atoms with E-state index in [2.05, 4.69) is 42.5 Å². The van der Waals surface area contributed by atoms with E-state index in [0.29, 0.717) is 0 Å². The first-order valence-electron chi connectivity index (χ1n) is 7.82. The molecule has 0 fully saturated rings. The molecule has 0 amide bonds. The van der Waals surface area contributed by atoms with Gasteiger partial charge in [-0.2, -0.15) is 0 Å². The Labute approximate surface area is 130 Å². The number of hydrogen-bond acceptors (Lipinski definition) is 2. The lowest BCUT2D eigenvalue weighted by Gasteiger charge is -2.19. The van der Waals surface area contributed by atoms with E-state index in [1.807, 2.05) is 11.8 Å². The van der Waals surface area contributed by atoms with Crippen LogP contribution in [0.25, 0.3) is 0 Å². The highest BCUT2D eigenvalue weighted by Crippen LogP contribution is 2.41. The second-order valence-corrected chi connectivity index (χ2v) is 7.25. The Morgan fingerprint density at radius 1 is 1.10 bits per heavy atom. The molecule has 2 unspecified atom stereocenters. The topological polar surface area (TPSA) is 20.2 Å². The highest BCUT2D eigenvalue weighted by Gasteiger charge is 2.29. The average molecular weight is 296 g/mol. The molecule has 2 aromatic rings. The molecule has 0 saturated heterocycles. The molecule has 0 bridgehead atoms. The van der Waals surface area contributed by atoms with Gasteiger partial charge < -0.3 is 5.11 Å². The van der Waals surface area contributed by atoms with Gasteiger partial charge >= 0.3 is 0 Å². The van der Waals surface area contributed by atoms with Gasteiger partial charge in [0.05, 0.1) is 6.10 Å². The molecular formula is C19H20OS. The van der Waals surface area contributed by atoms with Crippen LogP contribution in [0.2, 0.25) is 0 Å². The highest BCUT2D eigenvalue weighted by atomic mass is 32.2. The average Bonchev–Trinajstić information content (AvgIpc) is 3.13. The number of rotatable bonds is 3. The van der Waals surface area contributed by atoms with Crippen LogP contribution in [0.3, 0.4) is 0 Å². The number of hydrogen-bond donors (Lipinski definition) is 1. The minimum Gasteiger partial charge on any atom is -0.392 e. The van der Waals surface area contributed by atoms with E-state index in [9.17, 15) is 5.11 Å². The zero-order chi connectivity index (χ0) is 14.2. The molecule has 2 atom stereocenters. The third kappa shape index (κ3) is 2.51. The summed E-state index contributed by atoms with van der Waals surface area (Å²) in [5.41, 5.74) is 5.63. The molecule has 0 spiro atoms. The Morgan fingerprint density at radius 2 is 1.95 bits per heavy atom. The molecule has 1 N–H and O–H groups in total. The summed E-state index contributed by atoms with van der Waals surface area (Å²) in [5.74, 6) is 1.28. The fourth-order valence-electron chi connectivity index (χ4n) is 3.64. The molecule has 21 heavy (non-hydrogen) atoms. The fourth-order valence-corrected chi connectivity index (χ4v) is 4.96. The van der Waals surface area contributed by atoms with E-state index in [1.165, 1.54) is 46.4 Å². The van der Waals surface area contributed by atoms with Crippen LogP contribution in [0.4, 0.5) is 0 Å². The lowest BCUT2D eigenvalue weighted by Crippen LogP contribution is -2.21. The lowest BCUT2D eigenvalue weighted by molar-refractivity contribution is 0.151. The van der Waals surface area contributed by atoms with Crippen molar-refractivity contribution in [3.05, 3.63) is 64.7 Å². The van der Waals surface area contributed by atoms with Crippen molar-refractivity contribution in [1.29, 1.82) is 0 Å². The number of benzene rings is 2. The molecule has 0 radical (unpaired) electrons. The van der Waals surface area contributed by atoms with Crippen LogP contribution in [0.5, 0.6) is 0 Å². The van der Waals surface area contributed by atoms with E-state index in [4.69, 9.17) is 0 Å². The predicted molar refractivity (Wildman–Crippen MR) is 88.1 cm³/mol. The number of thioether (sulfide) groups is 1. The summed E-state index contributed by atoms with van der Waals surface area (Å²) in [5, 5.41) is 10.7. The molecule has 1 nitrogen and oxygen atoms in total. The molecule has 1 heterocycles. The van der Waals surface area contributed by atoms with Gasteiger partial charge in [0.25, 0.3) is 0 Å². The third-order valence-corrected chi connectivity index (χ3v) is 6.02. The monoisotopic (exact) mass is 296 g/mol. The molecule has 2 aliphatic rings. The Hall–Kier alpha value is -1.25. The van der Waals surface area contributed by atoms with Crippen molar-refractivity contribution in [2.24, 2.45) is 0 Å². The minimum atomic E-state index is -0.277. The molecule has 0 aromatic heterocycles. The number of aryl methyl sites for hydroxylation is 2. The van der Waals surface area contributed by atoms with Gasteiger partial charge in [-0.05, 0) is 54.0 Å². The molecule has 2 heteroatoms. The highest BCUT2D eigenvalue weighted by molar-refractivity contribution is 7.99. The SMILES string of the molecule is OC(Cc1ccc2c(c1)CCC2)C1CSc2ccccc21. The summed E-state index contributed by atoms with van der Waals surface area (Å²) in [6.07, 6.45) is 4.22. The van der Waals surface area contributed by atoms with Crippen LogP contribution in [-0.2, 0) is 19.3 Å². The van der Waals surface area contributed by atoms with Gasteiger partial charge in [0, 0.05) is 16.6 Å². The van der Waals surface area contributed by atoms with Crippen LogP contribution >= 0.6 is 11.8 Å². The Balaban J connectivity index is 1.53. The summed E-state index contributed by atoms with van der Waals surface area (Å²) in [6.45, 7) is 0. The molecule has 0 saturated carbocycles. The first kappa shape index (κ1) is 13.4. The predicted octanol–water partition coefficient (Wildman–Crippen LogP) is 3.97. The van der Waals surface area contributed by atoms with Gasteiger partial charge in [-0.1, -0.05) is 36.4 Å². The van der Waals surface area contributed by atoms with Crippen molar-refractivity contribution in [2.45, 2.75) is 42.6 Å². The van der Waals surface area contributed by atoms with Gasteiger partial charge in [0.15, 0.2) is 0 Å². The van der Waals surface area contributed by atoms with Crippen LogP contribution in [0.1, 0.15) is 34.6 Å². The maximum absolute atomic E-state index is 10.7. The summed E-state index contributed by atoms with van der Waals surface area (Å²) in [6, 6.07) is 15.3. The smallest absolute Gasteiger partial charge is 0.0657 e. The van der Waals surface area contributed by atoms with Crippen molar-refractivity contribution >= 4 is 11.8 Å². The lowest BCUT2D eigenvalue weighted by atomic mass is 9.90. The standard InChI is InChI=1S/C19H20OS/c20-18(17-12-21-19-7-2-1-6-16(17)19)11-13-8-9-14-4-3-5-15(14)10-13/h1-2,6-10,17-18,20H,3-5,11-12H2. The number of aliphatic hydroxyl groups is 1. The van der Waals surface area contributed by atoms with Crippen LogP contribution < -0.4 is 0 Å². The fraction of sp³-hybridized carbons (Fsp3) is 0.368. The third-order valence-electron chi connectivity index (χ3n) is 4.81. The van der Waals surface area contributed by atoms with Crippen molar-refractivity contribution < 1.29 is 5.11 Å². The molecule has 1 aliphatic heterocycles. The van der Waals surface area contributed by atoms with E-state index in [1.54, 1.807) is 0 Å². The van der Waals surface area contributed by atoms with Crippen molar-refractivity contribution in [1.82, 2.24) is 0 Å². The summed E-state index contributed by atoms with van der Waals surface area (Å²) in [4.78, 5) is 1.34. The van der Waals surface area contributed by atoms with Crippen molar-refractivity contribution in [2.75, 3.05) is 5.75 Å². The van der Waals surface area contributed by atoms with Crippen LogP contribution in [0.15, 0.2) is 47.4 Å². The van der Waals surface area contributed by atoms with E-state index < -0.39 is 0 Å². The minimum absolute atomic E-state index is 0.277. The van der Waals surface area contributed by atoms with E-state index in [-0.39, 0.29) is 12.0 Å². The van der Waals surface area contributed by atoms with E-state index in [0.717, 1.165) is 12.2 Å². The van der Waals surface area contributed by atoms with Gasteiger partial charge in [-0.25, -0.2) is 0 Å². The Kier molecular flexibility index (Phi) is 3.52. The Bertz CT molecular complexity index is 664. The van der Waals surface area contributed by atoms with E-state index >= 15 is 0 Å². The summed E-state index contributed by atoms with van der Waals surface area (Å²) in [7, 11) is 0. The van der Waals surface area contributed by atoms with Gasteiger partial charge in [-0.15, -0.1) is 11.8 Å². The molecule has 1 aliphatic carbocycles. The van der Waals surface area contributed by atoms with Crippen molar-refractivity contribution in [3.8, 4) is 0 Å². The summed E-state index contributed by atoms with van der Waals surface area (Å²) < 4.78 is 0. The molecule has 2 aromatic carbocycles. The normalized spacial score (nSPS) is 21.1. The molecular weight excluding hydrogens is 276 g/mol. The largest absolute Gasteiger partial charge is 0.392 e. The van der Waals surface area contributed by atoms with Gasteiger partial charge in [-0.3, -0.25) is 0 Å². The molecule has 4 rings (SSSR count). The maximum Gasteiger partial charge on any atom is 0.0657 e. The van der Waals surface area contributed by atoms with Crippen LogP contribution in [0, 0.1) is 0 Å². The summed E-state index contributed by atoms with van der Waals surface area (Å²) >= 11 is 1.87. The number of fused-ring (bicyclic) bond motifs is 2. The quantitative estimate of drug-likeness (QED) is 0.925. The zero-order valence-electron chi connectivity index (χ0n) is 12.1. The van der Waals surface area contributed by atoms with Gasteiger partial charge in [0.2, 0.25) is 0 Å². The van der Waals surface area contributed by atoms with Gasteiger partial charge in [0.1, 0.15) is 0 Å². The van der Waals surface area contributed by atoms with Crippen molar-refractivity contribution in [3.63, 3.8) is 0 Å². The zero-order valence-corrected chi connectivity index (χ0v) is 12.9. The maximum atomic E-state index is 10.7. The Morgan fingerprint density at radius 3 is 2.90 bits per heavy atom. The molecule has 108 valence electrons. The first-order chi connectivity index (χ1) is 10.3.